The molecule has 0 aromatic heterocycles. The Kier molecular flexibility index (Phi) is 7.59. The van der Waals surface area contributed by atoms with E-state index in [-0.39, 0.29) is 25.6 Å². The van der Waals surface area contributed by atoms with E-state index in [0.717, 1.165) is 4.90 Å². The number of hydrogen-bond donors (Lipinski definition) is 0. The maximum atomic E-state index is 12.7. The Morgan fingerprint density at radius 3 is 1.94 bits per heavy atom. The lowest BCUT2D eigenvalue weighted by Gasteiger charge is -2.29. The van der Waals surface area contributed by atoms with E-state index in [4.69, 9.17) is 18.9 Å². The Labute approximate surface area is 204 Å². The van der Waals surface area contributed by atoms with E-state index in [1.54, 1.807) is 70.7 Å². The van der Waals surface area contributed by atoms with Crippen LogP contribution in [0.15, 0.2) is 24.3 Å². The molecule has 0 unspecified atom stereocenters. The van der Waals surface area contributed by atoms with Crippen LogP contribution in [0.1, 0.15) is 41.5 Å². The second-order valence-corrected chi connectivity index (χ2v) is 10.3. The van der Waals surface area contributed by atoms with Crippen LogP contribution in [0.25, 0.3) is 0 Å². The highest BCUT2D eigenvalue weighted by atomic mass is 16.6. The highest BCUT2D eigenvalue weighted by Crippen LogP contribution is 2.26. The largest absolute Gasteiger partial charge is 0.443 e. The van der Waals surface area contributed by atoms with Crippen LogP contribution in [0.4, 0.5) is 25.8 Å². The summed E-state index contributed by atoms with van der Waals surface area (Å²) in [6, 6.07) is 6.90. The molecule has 1 aromatic carbocycles. The van der Waals surface area contributed by atoms with Crippen LogP contribution < -0.4 is 9.80 Å². The van der Waals surface area contributed by atoms with Crippen molar-refractivity contribution in [2.75, 3.05) is 42.6 Å². The Morgan fingerprint density at radius 1 is 0.943 bits per heavy atom. The molecule has 0 spiro atoms. The van der Waals surface area contributed by atoms with Crippen LogP contribution >= 0.6 is 0 Å². The molecule has 2 heterocycles. The van der Waals surface area contributed by atoms with E-state index in [1.807, 2.05) is 0 Å². The van der Waals surface area contributed by atoms with Crippen molar-refractivity contribution in [1.82, 2.24) is 4.90 Å². The van der Waals surface area contributed by atoms with Gasteiger partial charge in [-0.05, 0) is 65.8 Å². The molecule has 0 N–H and O–H groups in total. The Morgan fingerprint density at radius 2 is 1.46 bits per heavy atom. The van der Waals surface area contributed by atoms with Crippen molar-refractivity contribution in [2.45, 2.75) is 58.8 Å². The summed E-state index contributed by atoms with van der Waals surface area (Å²) in [5, 5.41) is 0. The van der Waals surface area contributed by atoms with Gasteiger partial charge in [-0.15, -0.1) is 0 Å². The fraction of sp³-hybridized carbons (Fsp3) is 0.583. The fourth-order valence-electron chi connectivity index (χ4n) is 3.49. The standard InChI is InChI=1S/C24H33N3O8/c1-23(2,3)34-21(30)27(22(31)35-24(4,5)6)14-18-13-26(20(29)33-18)17-9-7-16(8-10-17)25-11-12-32-15-19(25)28/h7-10,18H,11-15H2,1-6H3/t18-/m1/s1. The van der Waals surface area contributed by atoms with Gasteiger partial charge in [-0.3, -0.25) is 9.69 Å². The molecular weight excluding hydrogens is 458 g/mol. The Hall–Kier alpha value is -3.34. The molecule has 35 heavy (non-hydrogen) atoms. The van der Waals surface area contributed by atoms with Crippen molar-refractivity contribution in [1.29, 1.82) is 0 Å². The van der Waals surface area contributed by atoms with E-state index in [9.17, 15) is 19.2 Å². The molecule has 4 amide bonds. The molecule has 2 aliphatic heterocycles. The number of anilines is 2. The zero-order chi connectivity index (χ0) is 26.0. The number of benzene rings is 1. The first-order valence-corrected chi connectivity index (χ1v) is 11.4. The Balaban J connectivity index is 1.71. The van der Waals surface area contributed by atoms with Crippen LogP contribution in [0.5, 0.6) is 0 Å². The predicted molar refractivity (Wildman–Crippen MR) is 126 cm³/mol. The third kappa shape index (κ3) is 7.08. The van der Waals surface area contributed by atoms with Gasteiger partial charge in [0.05, 0.1) is 19.7 Å². The lowest BCUT2D eigenvalue weighted by molar-refractivity contribution is -0.125. The summed E-state index contributed by atoms with van der Waals surface area (Å²) in [6.45, 7) is 10.9. The van der Waals surface area contributed by atoms with Crippen LogP contribution in [0.2, 0.25) is 0 Å². The van der Waals surface area contributed by atoms with Crippen molar-refractivity contribution in [2.24, 2.45) is 0 Å². The summed E-state index contributed by atoms with van der Waals surface area (Å²) in [5.41, 5.74) is -0.408. The normalized spacial score (nSPS) is 18.9. The molecule has 2 fully saturated rings. The summed E-state index contributed by atoms with van der Waals surface area (Å²) >= 11 is 0. The molecule has 11 heteroatoms. The zero-order valence-electron chi connectivity index (χ0n) is 21.0. The second kappa shape index (κ2) is 10.1. The van der Waals surface area contributed by atoms with Gasteiger partial charge in [-0.25, -0.2) is 19.3 Å². The van der Waals surface area contributed by atoms with Crippen LogP contribution in [0, 0.1) is 0 Å². The van der Waals surface area contributed by atoms with E-state index in [0.29, 0.717) is 24.5 Å². The second-order valence-electron chi connectivity index (χ2n) is 10.3. The van der Waals surface area contributed by atoms with Gasteiger partial charge >= 0.3 is 18.3 Å². The Bertz CT molecular complexity index is 936. The number of hydrogen-bond acceptors (Lipinski definition) is 8. The topological polar surface area (TPSA) is 115 Å². The molecule has 1 atom stereocenters. The highest BCUT2D eigenvalue weighted by molar-refractivity contribution is 5.96. The van der Waals surface area contributed by atoms with Crippen LogP contribution in [-0.2, 0) is 23.7 Å². The van der Waals surface area contributed by atoms with Crippen molar-refractivity contribution in [3.63, 3.8) is 0 Å². The van der Waals surface area contributed by atoms with E-state index in [2.05, 4.69) is 0 Å². The minimum atomic E-state index is -0.888. The molecule has 0 radical (unpaired) electrons. The molecule has 0 aliphatic carbocycles. The molecule has 1 aromatic rings. The van der Waals surface area contributed by atoms with Gasteiger partial charge in [0, 0.05) is 17.9 Å². The summed E-state index contributed by atoms with van der Waals surface area (Å²) in [5.74, 6) is -0.131. The number of morpholine rings is 1. The number of amides is 4. The SMILES string of the molecule is CC(C)(C)OC(=O)N(C[C@H]1CN(c2ccc(N3CCOCC3=O)cc2)C(=O)O1)C(=O)OC(C)(C)C. The van der Waals surface area contributed by atoms with Gasteiger partial charge < -0.3 is 23.8 Å². The van der Waals surface area contributed by atoms with Crippen LogP contribution in [0.3, 0.4) is 0 Å². The average Bonchev–Trinajstić information content (AvgIpc) is 3.10. The number of imide groups is 1. The molecule has 0 saturated carbocycles. The number of carbonyl (C=O) groups excluding carboxylic acids is 4. The number of ether oxygens (including phenoxy) is 4. The maximum Gasteiger partial charge on any atom is 0.419 e. The van der Waals surface area contributed by atoms with Crippen molar-refractivity contribution in [3.8, 4) is 0 Å². The molecule has 11 nitrogen and oxygen atoms in total. The van der Waals surface area contributed by atoms with E-state index >= 15 is 0 Å². The molecule has 0 bridgehead atoms. The molecular formula is C24H33N3O8. The first-order valence-electron chi connectivity index (χ1n) is 11.4. The molecule has 2 saturated heterocycles. The van der Waals surface area contributed by atoms with Gasteiger partial charge in [0.1, 0.15) is 23.9 Å². The van der Waals surface area contributed by atoms with Gasteiger partial charge in [0.2, 0.25) is 0 Å². The number of nitrogens with zero attached hydrogens (tertiary/aromatic N) is 3. The van der Waals surface area contributed by atoms with Crippen LogP contribution in [-0.4, -0.2) is 79.2 Å². The average molecular weight is 492 g/mol. The predicted octanol–water partition coefficient (Wildman–Crippen LogP) is 3.55. The number of carbonyl (C=O) groups is 4. The van der Waals surface area contributed by atoms with Crippen molar-refractivity contribution in [3.05, 3.63) is 24.3 Å². The minimum absolute atomic E-state index is 0.0354. The summed E-state index contributed by atoms with van der Waals surface area (Å²) in [4.78, 5) is 53.9. The lowest BCUT2D eigenvalue weighted by atomic mass is 10.2. The zero-order valence-corrected chi connectivity index (χ0v) is 21.0. The lowest BCUT2D eigenvalue weighted by Crippen LogP contribution is -2.47. The first kappa shape index (κ1) is 26.3. The number of rotatable bonds is 4. The third-order valence-electron chi connectivity index (χ3n) is 4.95. The van der Waals surface area contributed by atoms with E-state index in [1.165, 1.54) is 4.90 Å². The van der Waals surface area contributed by atoms with Gasteiger partial charge in [-0.1, -0.05) is 0 Å². The summed E-state index contributed by atoms with van der Waals surface area (Å²) < 4.78 is 21.3. The minimum Gasteiger partial charge on any atom is -0.443 e. The smallest absolute Gasteiger partial charge is 0.419 e. The quantitative estimate of drug-likeness (QED) is 0.588. The summed E-state index contributed by atoms with van der Waals surface area (Å²) in [7, 11) is 0. The monoisotopic (exact) mass is 491 g/mol. The van der Waals surface area contributed by atoms with Gasteiger partial charge in [0.15, 0.2) is 0 Å². The molecule has 3 rings (SSSR count). The summed E-state index contributed by atoms with van der Waals surface area (Å²) in [6.07, 6.45) is -3.18. The van der Waals surface area contributed by atoms with Gasteiger partial charge in [-0.2, -0.15) is 0 Å². The fourth-order valence-corrected chi connectivity index (χ4v) is 3.49. The van der Waals surface area contributed by atoms with E-state index < -0.39 is 35.6 Å². The third-order valence-corrected chi connectivity index (χ3v) is 4.95. The highest BCUT2D eigenvalue weighted by Gasteiger charge is 2.39. The number of cyclic esters (lactones) is 1. The van der Waals surface area contributed by atoms with Crippen molar-refractivity contribution < 1.29 is 38.1 Å². The van der Waals surface area contributed by atoms with Gasteiger partial charge in [0.25, 0.3) is 5.91 Å². The first-order chi connectivity index (χ1) is 16.2. The maximum absolute atomic E-state index is 12.7. The molecule has 2 aliphatic rings. The molecule has 192 valence electrons. The van der Waals surface area contributed by atoms with Crippen molar-refractivity contribution >= 4 is 35.6 Å².